The van der Waals surface area contributed by atoms with E-state index in [-0.39, 0.29) is 5.69 Å². The molecule has 0 saturated heterocycles. The van der Waals surface area contributed by atoms with Crippen LogP contribution in [0, 0.1) is 10.1 Å². The normalized spacial score (nSPS) is 10.1. The smallest absolute Gasteiger partial charge is 0.273 e. The number of hydrogen-bond donors (Lipinski definition) is 3. The molecule has 0 aromatic heterocycles. The summed E-state index contributed by atoms with van der Waals surface area (Å²) in [5.41, 5.74) is 4.58. The standard InChI is InChI=1S/C13H13BrN4O2/c14-10-3-1-2-9(4-10)8-16-11-5-12(17-15)7-13(6-11)18(19)20/h1-7,16-17H,8,15H2. The molecule has 0 atom stereocenters. The summed E-state index contributed by atoms with van der Waals surface area (Å²) in [6.07, 6.45) is 0. The van der Waals surface area contributed by atoms with Gasteiger partial charge in [-0.15, -0.1) is 0 Å². The van der Waals surface area contributed by atoms with E-state index in [0.29, 0.717) is 17.9 Å². The van der Waals surface area contributed by atoms with Crippen LogP contribution in [0.3, 0.4) is 0 Å². The maximum absolute atomic E-state index is 10.8. The molecule has 0 radical (unpaired) electrons. The van der Waals surface area contributed by atoms with Crippen molar-refractivity contribution in [2.45, 2.75) is 6.54 Å². The van der Waals surface area contributed by atoms with Crippen LogP contribution in [0.25, 0.3) is 0 Å². The maximum Gasteiger partial charge on any atom is 0.273 e. The van der Waals surface area contributed by atoms with Gasteiger partial charge in [0, 0.05) is 28.8 Å². The van der Waals surface area contributed by atoms with Crippen LogP contribution >= 0.6 is 15.9 Å². The maximum atomic E-state index is 10.8. The molecule has 4 N–H and O–H groups in total. The van der Waals surface area contributed by atoms with Gasteiger partial charge in [-0.3, -0.25) is 16.0 Å². The van der Waals surface area contributed by atoms with Crippen molar-refractivity contribution >= 4 is 33.0 Å². The summed E-state index contributed by atoms with van der Waals surface area (Å²) < 4.78 is 0.986. The first-order chi connectivity index (χ1) is 9.58. The number of benzene rings is 2. The van der Waals surface area contributed by atoms with Gasteiger partial charge in [-0.25, -0.2) is 0 Å². The van der Waals surface area contributed by atoms with Gasteiger partial charge in [0.2, 0.25) is 0 Å². The molecule has 0 bridgehead atoms. The zero-order valence-corrected chi connectivity index (χ0v) is 12.1. The van der Waals surface area contributed by atoms with E-state index in [1.807, 2.05) is 24.3 Å². The molecule has 0 heterocycles. The third-order valence-electron chi connectivity index (χ3n) is 2.68. The molecule has 2 aromatic rings. The van der Waals surface area contributed by atoms with Gasteiger partial charge in [0.05, 0.1) is 10.6 Å². The zero-order chi connectivity index (χ0) is 14.5. The van der Waals surface area contributed by atoms with Crippen molar-refractivity contribution < 1.29 is 4.92 Å². The number of nitrogens with two attached hydrogens (primary N) is 1. The molecule has 2 aromatic carbocycles. The summed E-state index contributed by atoms with van der Waals surface area (Å²) >= 11 is 3.40. The molecule has 0 aliphatic carbocycles. The average Bonchev–Trinajstić information content (AvgIpc) is 2.45. The van der Waals surface area contributed by atoms with Crippen LogP contribution in [-0.4, -0.2) is 4.92 Å². The Morgan fingerprint density at radius 1 is 1.20 bits per heavy atom. The van der Waals surface area contributed by atoms with Crippen LogP contribution in [0.2, 0.25) is 0 Å². The fourth-order valence-electron chi connectivity index (χ4n) is 1.75. The van der Waals surface area contributed by atoms with E-state index in [2.05, 4.69) is 26.7 Å². The van der Waals surface area contributed by atoms with Crippen molar-refractivity contribution in [3.8, 4) is 0 Å². The molecule has 0 saturated carbocycles. The van der Waals surface area contributed by atoms with Crippen LogP contribution in [0.15, 0.2) is 46.9 Å². The quantitative estimate of drug-likeness (QED) is 0.442. The molecule has 7 heteroatoms. The van der Waals surface area contributed by atoms with Gasteiger partial charge in [0.25, 0.3) is 5.69 Å². The number of hydrazine groups is 1. The average molecular weight is 337 g/mol. The Hall–Kier alpha value is -2.12. The minimum atomic E-state index is -0.453. The summed E-state index contributed by atoms with van der Waals surface area (Å²) in [6.45, 7) is 0.560. The number of nitro benzene ring substituents is 1. The Balaban J connectivity index is 2.16. The van der Waals surface area contributed by atoms with Crippen molar-refractivity contribution in [1.29, 1.82) is 0 Å². The summed E-state index contributed by atoms with van der Waals surface area (Å²) in [6, 6.07) is 12.4. The van der Waals surface area contributed by atoms with Crippen LogP contribution < -0.4 is 16.6 Å². The van der Waals surface area contributed by atoms with Crippen molar-refractivity contribution in [2.24, 2.45) is 5.84 Å². The highest BCUT2D eigenvalue weighted by Gasteiger charge is 2.09. The highest BCUT2D eigenvalue weighted by molar-refractivity contribution is 9.10. The number of anilines is 2. The van der Waals surface area contributed by atoms with Crippen molar-refractivity contribution in [2.75, 3.05) is 10.7 Å². The second-order valence-corrected chi connectivity index (χ2v) is 5.07. The van der Waals surface area contributed by atoms with Gasteiger partial charge in [-0.1, -0.05) is 28.1 Å². The fourth-order valence-corrected chi connectivity index (χ4v) is 2.20. The molecule has 0 aliphatic heterocycles. The van der Waals surface area contributed by atoms with Gasteiger partial charge >= 0.3 is 0 Å². The highest BCUT2D eigenvalue weighted by atomic mass is 79.9. The molecule has 0 unspecified atom stereocenters. The van der Waals surface area contributed by atoms with E-state index >= 15 is 0 Å². The van der Waals surface area contributed by atoms with Crippen LogP contribution in [-0.2, 0) is 6.54 Å². The van der Waals surface area contributed by atoms with Gasteiger partial charge in [0.15, 0.2) is 0 Å². The largest absolute Gasteiger partial charge is 0.381 e. The monoisotopic (exact) mass is 336 g/mol. The summed E-state index contributed by atoms with van der Waals surface area (Å²) in [7, 11) is 0. The van der Waals surface area contributed by atoms with Gasteiger partial charge in [-0.05, 0) is 23.8 Å². The molecule has 0 amide bonds. The van der Waals surface area contributed by atoms with Crippen LogP contribution in [0.5, 0.6) is 0 Å². The molecule has 6 nitrogen and oxygen atoms in total. The Labute approximate surface area is 124 Å². The molecule has 2 rings (SSSR count). The lowest BCUT2D eigenvalue weighted by Gasteiger charge is -2.09. The molecule has 0 spiro atoms. The first kappa shape index (κ1) is 14.3. The van der Waals surface area contributed by atoms with E-state index < -0.39 is 4.92 Å². The second-order valence-electron chi connectivity index (χ2n) is 4.15. The molecule has 20 heavy (non-hydrogen) atoms. The van der Waals surface area contributed by atoms with Crippen molar-refractivity contribution in [3.63, 3.8) is 0 Å². The number of nitrogens with zero attached hydrogens (tertiary/aromatic N) is 1. The van der Waals surface area contributed by atoms with E-state index in [0.717, 1.165) is 10.0 Å². The first-order valence-electron chi connectivity index (χ1n) is 5.83. The minimum absolute atomic E-state index is 0.0165. The third kappa shape index (κ3) is 3.69. The van der Waals surface area contributed by atoms with Crippen LogP contribution in [0.1, 0.15) is 5.56 Å². The Morgan fingerprint density at radius 3 is 2.60 bits per heavy atom. The van der Waals surface area contributed by atoms with E-state index in [1.165, 1.54) is 12.1 Å². The number of nitrogen functional groups attached to an aromatic ring is 1. The second kappa shape index (κ2) is 6.36. The lowest BCUT2D eigenvalue weighted by Crippen LogP contribution is -2.08. The molecule has 0 fully saturated rings. The van der Waals surface area contributed by atoms with Gasteiger partial charge < -0.3 is 10.7 Å². The van der Waals surface area contributed by atoms with Crippen molar-refractivity contribution in [3.05, 3.63) is 62.6 Å². The van der Waals surface area contributed by atoms with E-state index in [9.17, 15) is 10.1 Å². The Kier molecular flexibility index (Phi) is 4.54. The minimum Gasteiger partial charge on any atom is -0.381 e. The number of nitro groups is 1. The fraction of sp³-hybridized carbons (Fsp3) is 0.0769. The number of rotatable bonds is 5. The van der Waals surface area contributed by atoms with Crippen molar-refractivity contribution in [1.82, 2.24) is 0 Å². The van der Waals surface area contributed by atoms with Gasteiger partial charge in [0.1, 0.15) is 0 Å². The number of non-ortho nitro benzene ring substituents is 1. The zero-order valence-electron chi connectivity index (χ0n) is 10.5. The topological polar surface area (TPSA) is 93.2 Å². The Morgan fingerprint density at radius 2 is 1.95 bits per heavy atom. The predicted molar refractivity (Wildman–Crippen MR) is 82.4 cm³/mol. The summed E-state index contributed by atoms with van der Waals surface area (Å²) in [5, 5.41) is 14.0. The third-order valence-corrected chi connectivity index (χ3v) is 3.17. The molecular weight excluding hydrogens is 324 g/mol. The molecule has 0 aliphatic rings. The predicted octanol–water partition coefficient (Wildman–Crippen LogP) is 3.26. The highest BCUT2D eigenvalue weighted by Crippen LogP contribution is 2.24. The number of hydrogen-bond acceptors (Lipinski definition) is 5. The molecular formula is C13H13BrN4O2. The van der Waals surface area contributed by atoms with E-state index in [1.54, 1.807) is 6.07 Å². The summed E-state index contributed by atoms with van der Waals surface area (Å²) in [4.78, 5) is 10.4. The number of halogens is 1. The van der Waals surface area contributed by atoms with Gasteiger partial charge in [-0.2, -0.15) is 0 Å². The lowest BCUT2D eigenvalue weighted by atomic mass is 10.2. The summed E-state index contributed by atoms with van der Waals surface area (Å²) in [5.74, 6) is 5.31. The first-order valence-corrected chi connectivity index (χ1v) is 6.62. The Bertz CT molecular complexity index is 634. The SMILES string of the molecule is NNc1cc(NCc2cccc(Br)c2)cc([N+](=O)[O-])c1. The number of nitrogens with one attached hydrogen (secondary N) is 2. The molecule has 104 valence electrons. The van der Waals surface area contributed by atoms with E-state index in [4.69, 9.17) is 5.84 Å². The lowest BCUT2D eigenvalue weighted by molar-refractivity contribution is -0.384. The van der Waals surface area contributed by atoms with Crippen LogP contribution in [0.4, 0.5) is 17.1 Å².